The third-order valence-corrected chi connectivity index (χ3v) is 3.70. The van der Waals surface area contributed by atoms with Gasteiger partial charge in [0, 0.05) is 7.11 Å². The number of methoxy groups -OCH3 is 1. The average molecular weight is 228 g/mol. The van der Waals surface area contributed by atoms with Gasteiger partial charge in [-0.15, -0.1) is 0 Å². The summed E-state index contributed by atoms with van der Waals surface area (Å²) in [6.45, 7) is 0.507. The SMILES string of the molecule is COCC1(O)CCCCCCCCCCC1. The molecule has 0 aromatic carbocycles. The number of hydrogen-bond acceptors (Lipinski definition) is 2. The second kappa shape index (κ2) is 8.08. The average Bonchev–Trinajstić information content (AvgIpc) is 2.24. The fraction of sp³-hybridized carbons (Fsp3) is 1.00. The molecule has 0 aromatic heterocycles. The van der Waals surface area contributed by atoms with Crippen molar-refractivity contribution in [3.63, 3.8) is 0 Å². The summed E-state index contributed by atoms with van der Waals surface area (Å²) in [5, 5.41) is 10.4. The molecule has 1 rings (SSSR count). The maximum absolute atomic E-state index is 10.4. The topological polar surface area (TPSA) is 29.5 Å². The molecule has 2 nitrogen and oxygen atoms in total. The van der Waals surface area contributed by atoms with E-state index in [1.54, 1.807) is 7.11 Å². The summed E-state index contributed by atoms with van der Waals surface area (Å²) in [5.41, 5.74) is -0.548. The Balaban J connectivity index is 2.35. The number of hydrogen-bond donors (Lipinski definition) is 1. The van der Waals surface area contributed by atoms with Gasteiger partial charge in [0.1, 0.15) is 0 Å². The van der Waals surface area contributed by atoms with Gasteiger partial charge < -0.3 is 9.84 Å². The fourth-order valence-electron chi connectivity index (χ4n) is 2.68. The van der Waals surface area contributed by atoms with Crippen molar-refractivity contribution in [2.45, 2.75) is 76.2 Å². The molecule has 1 fully saturated rings. The lowest BCUT2D eigenvalue weighted by Gasteiger charge is -2.27. The van der Waals surface area contributed by atoms with Crippen LogP contribution in [0.25, 0.3) is 0 Å². The molecule has 16 heavy (non-hydrogen) atoms. The van der Waals surface area contributed by atoms with Gasteiger partial charge in [0.15, 0.2) is 0 Å². The van der Waals surface area contributed by atoms with Gasteiger partial charge >= 0.3 is 0 Å². The summed E-state index contributed by atoms with van der Waals surface area (Å²) in [4.78, 5) is 0. The largest absolute Gasteiger partial charge is 0.387 e. The van der Waals surface area contributed by atoms with Gasteiger partial charge in [-0.3, -0.25) is 0 Å². The van der Waals surface area contributed by atoms with Crippen molar-refractivity contribution in [1.82, 2.24) is 0 Å². The lowest BCUT2D eigenvalue weighted by Crippen LogP contribution is -2.34. The van der Waals surface area contributed by atoms with E-state index in [2.05, 4.69) is 0 Å². The smallest absolute Gasteiger partial charge is 0.0880 e. The molecule has 2 heteroatoms. The molecular formula is C14H28O2. The summed E-state index contributed by atoms with van der Waals surface area (Å²) in [7, 11) is 1.69. The molecular weight excluding hydrogens is 200 g/mol. The van der Waals surface area contributed by atoms with Crippen molar-refractivity contribution in [3.05, 3.63) is 0 Å². The van der Waals surface area contributed by atoms with Gasteiger partial charge in [-0.05, 0) is 12.8 Å². The van der Waals surface area contributed by atoms with Crippen LogP contribution in [0.4, 0.5) is 0 Å². The maximum atomic E-state index is 10.4. The van der Waals surface area contributed by atoms with E-state index < -0.39 is 5.60 Å². The van der Waals surface area contributed by atoms with E-state index in [-0.39, 0.29) is 0 Å². The van der Waals surface area contributed by atoms with Gasteiger partial charge in [-0.1, -0.05) is 57.8 Å². The van der Waals surface area contributed by atoms with Crippen LogP contribution in [0.3, 0.4) is 0 Å². The summed E-state index contributed by atoms with van der Waals surface area (Å²) >= 11 is 0. The molecule has 0 atom stereocenters. The number of ether oxygens (including phenoxy) is 1. The van der Waals surface area contributed by atoms with Gasteiger partial charge in [0.05, 0.1) is 12.2 Å². The number of rotatable bonds is 2. The van der Waals surface area contributed by atoms with E-state index >= 15 is 0 Å². The second-order valence-electron chi connectivity index (χ2n) is 5.34. The highest BCUT2D eigenvalue weighted by molar-refractivity contribution is 4.78. The van der Waals surface area contributed by atoms with Crippen LogP contribution in [0.5, 0.6) is 0 Å². The molecule has 1 N–H and O–H groups in total. The molecule has 0 radical (unpaired) electrons. The third kappa shape index (κ3) is 5.86. The molecule has 0 amide bonds. The van der Waals surface area contributed by atoms with E-state index in [9.17, 15) is 5.11 Å². The first-order valence-corrected chi connectivity index (χ1v) is 6.98. The standard InChI is InChI=1S/C14H28O2/c1-16-13-14(15)11-9-7-5-3-2-4-6-8-10-12-14/h15H,2-13H2,1H3. The second-order valence-corrected chi connectivity index (χ2v) is 5.34. The molecule has 0 heterocycles. The van der Waals surface area contributed by atoms with Crippen LogP contribution in [0, 0.1) is 0 Å². The van der Waals surface area contributed by atoms with E-state index in [1.165, 1.54) is 44.9 Å². The summed E-state index contributed by atoms with van der Waals surface area (Å²) < 4.78 is 5.16. The zero-order valence-corrected chi connectivity index (χ0v) is 10.8. The molecule has 0 bridgehead atoms. The minimum Gasteiger partial charge on any atom is -0.387 e. The van der Waals surface area contributed by atoms with Crippen LogP contribution in [0.15, 0.2) is 0 Å². The Morgan fingerprint density at radius 1 is 0.812 bits per heavy atom. The predicted molar refractivity (Wildman–Crippen MR) is 67.6 cm³/mol. The Morgan fingerprint density at radius 2 is 1.19 bits per heavy atom. The number of aliphatic hydroxyl groups is 1. The van der Waals surface area contributed by atoms with E-state index in [0.29, 0.717) is 6.61 Å². The zero-order valence-electron chi connectivity index (χ0n) is 10.8. The molecule has 0 unspecified atom stereocenters. The third-order valence-electron chi connectivity index (χ3n) is 3.70. The molecule has 1 aliphatic carbocycles. The minimum atomic E-state index is -0.548. The monoisotopic (exact) mass is 228 g/mol. The predicted octanol–water partition coefficient (Wildman–Crippen LogP) is 3.67. The Kier molecular flexibility index (Phi) is 7.06. The molecule has 96 valence electrons. The van der Waals surface area contributed by atoms with Crippen LogP contribution in [-0.4, -0.2) is 24.4 Å². The van der Waals surface area contributed by atoms with E-state index in [1.807, 2.05) is 0 Å². The van der Waals surface area contributed by atoms with Crippen molar-refractivity contribution in [2.24, 2.45) is 0 Å². The van der Waals surface area contributed by atoms with Crippen molar-refractivity contribution in [2.75, 3.05) is 13.7 Å². The Labute approximate surface area is 100 Å². The van der Waals surface area contributed by atoms with Crippen LogP contribution in [-0.2, 0) is 4.74 Å². The van der Waals surface area contributed by atoms with Gasteiger partial charge in [0.25, 0.3) is 0 Å². The van der Waals surface area contributed by atoms with Crippen LogP contribution >= 0.6 is 0 Å². The first kappa shape index (κ1) is 14.0. The van der Waals surface area contributed by atoms with Crippen molar-refractivity contribution in [1.29, 1.82) is 0 Å². The lowest BCUT2D eigenvalue weighted by molar-refractivity contribution is -0.0463. The molecule has 0 saturated heterocycles. The Morgan fingerprint density at radius 3 is 1.56 bits per heavy atom. The van der Waals surface area contributed by atoms with Gasteiger partial charge in [0.2, 0.25) is 0 Å². The first-order valence-electron chi connectivity index (χ1n) is 6.98. The van der Waals surface area contributed by atoms with Crippen molar-refractivity contribution < 1.29 is 9.84 Å². The Bertz CT molecular complexity index is 156. The van der Waals surface area contributed by atoms with Gasteiger partial charge in [-0.2, -0.15) is 0 Å². The van der Waals surface area contributed by atoms with Crippen LogP contribution in [0.1, 0.15) is 70.6 Å². The highest BCUT2D eigenvalue weighted by Gasteiger charge is 2.25. The van der Waals surface area contributed by atoms with Gasteiger partial charge in [-0.25, -0.2) is 0 Å². The van der Waals surface area contributed by atoms with Crippen molar-refractivity contribution >= 4 is 0 Å². The molecule has 0 aliphatic heterocycles. The summed E-state index contributed by atoms with van der Waals surface area (Å²) in [6, 6.07) is 0. The highest BCUT2D eigenvalue weighted by atomic mass is 16.5. The fourth-order valence-corrected chi connectivity index (χ4v) is 2.68. The van der Waals surface area contributed by atoms with E-state index in [4.69, 9.17) is 4.74 Å². The van der Waals surface area contributed by atoms with Crippen molar-refractivity contribution in [3.8, 4) is 0 Å². The summed E-state index contributed by atoms with van der Waals surface area (Å²) in [6.07, 6.45) is 13.5. The highest BCUT2D eigenvalue weighted by Crippen LogP contribution is 2.24. The molecule has 1 saturated carbocycles. The minimum absolute atomic E-state index is 0.507. The molecule has 1 aliphatic rings. The quantitative estimate of drug-likeness (QED) is 0.781. The van der Waals surface area contributed by atoms with Crippen LogP contribution < -0.4 is 0 Å². The zero-order chi connectivity index (χ0) is 11.7. The van der Waals surface area contributed by atoms with Crippen LogP contribution in [0.2, 0.25) is 0 Å². The maximum Gasteiger partial charge on any atom is 0.0880 e. The normalized spacial score (nSPS) is 24.4. The van der Waals surface area contributed by atoms with E-state index in [0.717, 1.165) is 25.7 Å². The Hall–Kier alpha value is -0.0800. The molecule has 0 aromatic rings. The molecule has 0 spiro atoms. The lowest BCUT2D eigenvalue weighted by atomic mass is 9.89. The summed E-state index contributed by atoms with van der Waals surface area (Å²) in [5.74, 6) is 0. The first-order chi connectivity index (χ1) is 7.77.